The number of likely N-dealkylation sites (tertiary alicyclic amines) is 1. The Morgan fingerprint density at radius 2 is 1.43 bits per heavy atom. The first-order valence-electron chi connectivity index (χ1n) is 12.3. The smallest absolute Gasteiger partial charge is 0.307 e. The summed E-state index contributed by atoms with van der Waals surface area (Å²) in [7, 11) is 1.67. The molecule has 1 aliphatic heterocycles. The number of ether oxygens (including phenoxy) is 2. The molecule has 1 aliphatic rings. The van der Waals surface area contributed by atoms with E-state index in [0.717, 1.165) is 41.8 Å². The van der Waals surface area contributed by atoms with Gasteiger partial charge in [0.05, 0.1) is 19.6 Å². The number of carbonyl (C=O) groups is 1. The molecule has 1 N–H and O–H groups in total. The van der Waals surface area contributed by atoms with Crippen molar-refractivity contribution in [3.8, 4) is 5.75 Å². The Morgan fingerprint density at radius 3 is 1.91 bits per heavy atom. The molecule has 5 heteroatoms. The fourth-order valence-corrected chi connectivity index (χ4v) is 4.94. The summed E-state index contributed by atoms with van der Waals surface area (Å²) in [6.45, 7) is 6.79. The maximum Gasteiger partial charge on any atom is 0.307 e. The van der Waals surface area contributed by atoms with Gasteiger partial charge in [-0.3, -0.25) is 4.79 Å². The maximum atomic E-state index is 11.5. The molecule has 5 nitrogen and oxygen atoms in total. The number of hydrogen-bond acceptors (Lipinski definition) is 4. The molecular weight excluding hydrogens is 438 g/mol. The molecule has 0 bridgehead atoms. The van der Waals surface area contributed by atoms with Crippen molar-refractivity contribution in [1.29, 1.82) is 0 Å². The molecule has 3 aromatic rings. The first-order valence-corrected chi connectivity index (χ1v) is 12.3. The molecule has 1 saturated heterocycles. The second-order valence-electron chi connectivity index (χ2n) is 9.47. The highest BCUT2D eigenvalue weighted by Gasteiger charge is 2.38. The molecule has 1 heterocycles. The van der Waals surface area contributed by atoms with Crippen LogP contribution in [0.1, 0.15) is 40.7 Å². The van der Waals surface area contributed by atoms with Crippen molar-refractivity contribution in [2.45, 2.75) is 32.3 Å². The predicted octanol–water partition coefficient (Wildman–Crippen LogP) is 5.42. The van der Waals surface area contributed by atoms with Crippen LogP contribution < -0.4 is 4.74 Å². The fraction of sp³-hybridized carbons (Fsp3) is 0.367. The SMILES string of the molecule is COc1ccc(C(OCCN2CCC[C@H](C(=O)O)C2)(c2ccc(C)cc2)c2ccc(C)cc2)cc1. The van der Waals surface area contributed by atoms with Crippen LogP contribution >= 0.6 is 0 Å². The third-order valence-electron chi connectivity index (χ3n) is 6.99. The highest BCUT2D eigenvalue weighted by Crippen LogP contribution is 2.41. The minimum Gasteiger partial charge on any atom is -0.497 e. The second kappa shape index (κ2) is 11.1. The van der Waals surface area contributed by atoms with E-state index >= 15 is 0 Å². The summed E-state index contributed by atoms with van der Waals surface area (Å²) < 4.78 is 12.3. The molecule has 4 rings (SSSR count). The van der Waals surface area contributed by atoms with Crippen molar-refractivity contribution in [1.82, 2.24) is 4.90 Å². The van der Waals surface area contributed by atoms with Gasteiger partial charge in [0.1, 0.15) is 11.4 Å². The van der Waals surface area contributed by atoms with Gasteiger partial charge in [-0.05, 0) is 62.1 Å². The minimum atomic E-state index is -0.810. The molecule has 0 amide bonds. The van der Waals surface area contributed by atoms with E-state index in [0.29, 0.717) is 19.7 Å². The number of carboxylic acids is 1. The number of piperidine rings is 1. The highest BCUT2D eigenvalue weighted by atomic mass is 16.5. The molecular formula is C30H35NO4. The molecule has 0 saturated carbocycles. The topological polar surface area (TPSA) is 59.0 Å². The summed E-state index contributed by atoms with van der Waals surface area (Å²) in [5, 5.41) is 9.48. The van der Waals surface area contributed by atoms with Crippen molar-refractivity contribution in [3.63, 3.8) is 0 Å². The zero-order valence-electron chi connectivity index (χ0n) is 20.9. The fourth-order valence-electron chi connectivity index (χ4n) is 4.94. The first kappa shape index (κ1) is 25.0. The van der Waals surface area contributed by atoms with E-state index in [1.807, 2.05) is 12.1 Å². The lowest BCUT2D eigenvalue weighted by molar-refractivity contribution is -0.143. The van der Waals surface area contributed by atoms with Crippen LogP contribution in [-0.4, -0.2) is 49.3 Å². The number of nitrogens with zero attached hydrogens (tertiary/aromatic N) is 1. The lowest BCUT2D eigenvalue weighted by Crippen LogP contribution is -2.42. The van der Waals surface area contributed by atoms with E-state index < -0.39 is 11.6 Å². The van der Waals surface area contributed by atoms with Crippen LogP contribution in [0.2, 0.25) is 0 Å². The maximum absolute atomic E-state index is 11.5. The Bertz CT molecular complexity index is 1060. The van der Waals surface area contributed by atoms with E-state index in [1.165, 1.54) is 11.1 Å². The number of aliphatic carboxylic acids is 1. The van der Waals surface area contributed by atoms with Crippen LogP contribution in [0, 0.1) is 19.8 Å². The Balaban J connectivity index is 1.72. The van der Waals surface area contributed by atoms with Gasteiger partial charge in [0.15, 0.2) is 0 Å². The lowest BCUT2D eigenvalue weighted by atomic mass is 9.79. The van der Waals surface area contributed by atoms with E-state index in [-0.39, 0.29) is 5.92 Å². The molecule has 1 fully saturated rings. The number of rotatable bonds is 9. The Morgan fingerprint density at radius 1 is 0.914 bits per heavy atom. The normalized spacial score (nSPS) is 16.7. The predicted molar refractivity (Wildman–Crippen MR) is 138 cm³/mol. The van der Waals surface area contributed by atoms with Gasteiger partial charge in [-0.2, -0.15) is 0 Å². The summed E-state index contributed by atoms with van der Waals surface area (Å²) in [5.41, 5.74) is 4.70. The molecule has 1 atom stereocenters. The molecule has 0 radical (unpaired) electrons. The Labute approximate surface area is 208 Å². The van der Waals surface area contributed by atoms with Gasteiger partial charge in [0.25, 0.3) is 0 Å². The van der Waals surface area contributed by atoms with Crippen LogP contribution in [0.15, 0.2) is 72.8 Å². The summed E-state index contributed by atoms with van der Waals surface area (Å²) in [6, 6.07) is 25.1. The van der Waals surface area contributed by atoms with Crippen molar-refractivity contribution >= 4 is 5.97 Å². The minimum absolute atomic E-state index is 0.302. The number of hydrogen-bond donors (Lipinski definition) is 1. The van der Waals surface area contributed by atoms with Crippen LogP contribution in [0.25, 0.3) is 0 Å². The highest BCUT2D eigenvalue weighted by molar-refractivity contribution is 5.70. The molecule has 0 aromatic heterocycles. The van der Waals surface area contributed by atoms with Crippen LogP contribution in [0.5, 0.6) is 5.75 Å². The van der Waals surface area contributed by atoms with Crippen LogP contribution in [0.4, 0.5) is 0 Å². The Hall–Kier alpha value is -3.15. The molecule has 0 aliphatic carbocycles. The Kier molecular flexibility index (Phi) is 7.89. The quantitative estimate of drug-likeness (QED) is 0.421. The molecule has 35 heavy (non-hydrogen) atoms. The van der Waals surface area contributed by atoms with Crippen molar-refractivity contribution < 1.29 is 19.4 Å². The van der Waals surface area contributed by atoms with E-state index in [1.54, 1.807) is 7.11 Å². The van der Waals surface area contributed by atoms with Crippen molar-refractivity contribution in [2.24, 2.45) is 5.92 Å². The standard InChI is InChI=1S/C30H35NO4/c1-22-6-10-25(11-7-22)30(26-12-8-23(2)9-13-26,27-14-16-28(34-3)17-15-27)35-20-19-31-18-4-5-24(21-31)29(32)33/h6-17,24H,4-5,18-21H2,1-3H3,(H,32,33)/t24-/m0/s1. The zero-order chi connectivity index (χ0) is 24.8. The van der Waals surface area contributed by atoms with E-state index in [9.17, 15) is 9.90 Å². The third kappa shape index (κ3) is 5.58. The summed E-state index contributed by atoms with van der Waals surface area (Å²) >= 11 is 0. The summed E-state index contributed by atoms with van der Waals surface area (Å²) in [5.74, 6) is -0.213. The lowest BCUT2D eigenvalue weighted by Gasteiger charge is -2.37. The van der Waals surface area contributed by atoms with E-state index in [2.05, 4.69) is 79.4 Å². The van der Waals surface area contributed by atoms with E-state index in [4.69, 9.17) is 9.47 Å². The van der Waals surface area contributed by atoms with Gasteiger partial charge in [-0.15, -0.1) is 0 Å². The van der Waals surface area contributed by atoms with Crippen molar-refractivity contribution in [2.75, 3.05) is 33.4 Å². The number of carboxylic acid groups (broad SMARTS) is 1. The second-order valence-corrected chi connectivity index (χ2v) is 9.47. The van der Waals surface area contributed by atoms with Crippen LogP contribution in [-0.2, 0) is 15.1 Å². The molecule has 184 valence electrons. The average Bonchev–Trinajstić information content (AvgIpc) is 2.88. The van der Waals surface area contributed by atoms with Gasteiger partial charge in [0, 0.05) is 13.1 Å². The molecule has 0 spiro atoms. The zero-order valence-corrected chi connectivity index (χ0v) is 20.9. The van der Waals surface area contributed by atoms with Gasteiger partial charge in [-0.25, -0.2) is 0 Å². The van der Waals surface area contributed by atoms with Gasteiger partial charge in [-0.1, -0.05) is 71.8 Å². The first-order chi connectivity index (χ1) is 16.9. The average molecular weight is 474 g/mol. The summed E-state index contributed by atoms with van der Waals surface area (Å²) in [4.78, 5) is 13.7. The largest absolute Gasteiger partial charge is 0.497 e. The van der Waals surface area contributed by atoms with Crippen molar-refractivity contribution in [3.05, 3.63) is 101 Å². The summed E-state index contributed by atoms with van der Waals surface area (Å²) in [6.07, 6.45) is 1.64. The van der Waals surface area contributed by atoms with Gasteiger partial charge in [0.2, 0.25) is 0 Å². The monoisotopic (exact) mass is 473 g/mol. The number of aryl methyl sites for hydroxylation is 2. The molecule has 0 unspecified atom stereocenters. The number of methoxy groups -OCH3 is 1. The van der Waals surface area contributed by atoms with Gasteiger partial charge >= 0.3 is 5.97 Å². The van der Waals surface area contributed by atoms with Gasteiger partial charge < -0.3 is 19.5 Å². The van der Waals surface area contributed by atoms with Crippen LogP contribution in [0.3, 0.4) is 0 Å². The number of benzene rings is 3. The molecule has 3 aromatic carbocycles. The third-order valence-corrected chi connectivity index (χ3v) is 6.99.